The first-order chi connectivity index (χ1) is 9.58. The van der Waals surface area contributed by atoms with Gasteiger partial charge in [-0.05, 0) is 43.9 Å². The maximum absolute atomic E-state index is 11.8. The van der Waals surface area contributed by atoms with Crippen molar-refractivity contribution >= 4 is 17.5 Å². The Morgan fingerprint density at radius 2 is 2.10 bits per heavy atom. The number of carbonyl (C=O) groups excluding carboxylic acids is 2. The van der Waals surface area contributed by atoms with Gasteiger partial charge in [-0.15, -0.1) is 0 Å². The second kappa shape index (κ2) is 6.52. The van der Waals surface area contributed by atoms with E-state index in [1.165, 1.54) is 0 Å². The molecule has 0 aromatic heterocycles. The van der Waals surface area contributed by atoms with E-state index in [2.05, 4.69) is 10.6 Å². The molecule has 0 unspecified atom stereocenters. The minimum absolute atomic E-state index is 0.0347. The predicted octanol–water partition coefficient (Wildman–Crippen LogP) is 1.54. The van der Waals surface area contributed by atoms with Crippen LogP contribution in [0.3, 0.4) is 0 Å². The molecule has 1 saturated heterocycles. The molecule has 2 rings (SSSR count). The van der Waals surface area contributed by atoms with Gasteiger partial charge in [0.1, 0.15) is 0 Å². The Hall–Kier alpha value is -1.88. The molecule has 0 saturated carbocycles. The van der Waals surface area contributed by atoms with Crippen molar-refractivity contribution in [3.8, 4) is 0 Å². The van der Waals surface area contributed by atoms with Gasteiger partial charge in [0.25, 0.3) is 0 Å². The topological polar surface area (TPSA) is 67.4 Å². The number of hydrogen-bond acceptors (Lipinski definition) is 3. The summed E-state index contributed by atoms with van der Waals surface area (Å²) in [4.78, 5) is 23.5. The average Bonchev–Trinajstić information content (AvgIpc) is 2.94. The highest BCUT2D eigenvalue weighted by Crippen LogP contribution is 2.17. The SMILES string of the molecule is Cc1cccc(NC(=O)C(=O)NC[C@@H]2CCCO2)c1C. The lowest BCUT2D eigenvalue weighted by molar-refractivity contribution is -0.136. The Labute approximate surface area is 118 Å². The number of rotatable bonds is 3. The van der Waals surface area contributed by atoms with Crippen LogP contribution in [0.4, 0.5) is 5.69 Å². The molecule has 1 aliphatic heterocycles. The first-order valence-electron chi connectivity index (χ1n) is 6.85. The van der Waals surface area contributed by atoms with Crippen molar-refractivity contribution in [3.63, 3.8) is 0 Å². The molecule has 1 atom stereocenters. The molecule has 20 heavy (non-hydrogen) atoms. The summed E-state index contributed by atoms with van der Waals surface area (Å²) >= 11 is 0. The highest BCUT2D eigenvalue weighted by atomic mass is 16.5. The molecular weight excluding hydrogens is 256 g/mol. The lowest BCUT2D eigenvalue weighted by Gasteiger charge is -2.12. The van der Waals surface area contributed by atoms with Gasteiger partial charge < -0.3 is 15.4 Å². The fourth-order valence-electron chi connectivity index (χ4n) is 2.16. The van der Waals surface area contributed by atoms with Crippen LogP contribution in [0.25, 0.3) is 0 Å². The Kier molecular flexibility index (Phi) is 4.74. The van der Waals surface area contributed by atoms with Gasteiger partial charge in [0.05, 0.1) is 6.10 Å². The van der Waals surface area contributed by atoms with E-state index in [0.717, 1.165) is 30.6 Å². The summed E-state index contributed by atoms with van der Waals surface area (Å²) in [6, 6.07) is 5.60. The van der Waals surface area contributed by atoms with Crippen molar-refractivity contribution in [1.29, 1.82) is 0 Å². The molecule has 108 valence electrons. The molecule has 0 aliphatic carbocycles. The van der Waals surface area contributed by atoms with Crippen molar-refractivity contribution in [1.82, 2.24) is 5.32 Å². The molecular formula is C15H20N2O3. The van der Waals surface area contributed by atoms with Crippen LogP contribution in [0.5, 0.6) is 0 Å². The zero-order valence-corrected chi connectivity index (χ0v) is 11.9. The Morgan fingerprint density at radius 1 is 1.30 bits per heavy atom. The lowest BCUT2D eigenvalue weighted by atomic mass is 10.1. The number of nitrogens with one attached hydrogen (secondary N) is 2. The Bertz CT molecular complexity index is 508. The van der Waals surface area contributed by atoms with E-state index in [0.29, 0.717) is 12.2 Å². The van der Waals surface area contributed by atoms with Gasteiger partial charge in [-0.1, -0.05) is 12.1 Å². The predicted molar refractivity (Wildman–Crippen MR) is 76.5 cm³/mol. The number of amides is 2. The van der Waals surface area contributed by atoms with Gasteiger partial charge in [-0.2, -0.15) is 0 Å². The second-order valence-electron chi connectivity index (χ2n) is 5.05. The summed E-state index contributed by atoms with van der Waals surface area (Å²) in [6.45, 7) is 4.99. The van der Waals surface area contributed by atoms with E-state index < -0.39 is 11.8 Å². The molecule has 0 radical (unpaired) electrons. The van der Waals surface area contributed by atoms with Crippen LogP contribution in [0.1, 0.15) is 24.0 Å². The van der Waals surface area contributed by atoms with Crippen molar-refractivity contribution in [2.24, 2.45) is 0 Å². The van der Waals surface area contributed by atoms with Gasteiger partial charge in [0.15, 0.2) is 0 Å². The Morgan fingerprint density at radius 3 is 2.80 bits per heavy atom. The summed E-state index contributed by atoms with van der Waals surface area (Å²) in [7, 11) is 0. The molecule has 5 heteroatoms. The molecule has 0 bridgehead atoms. The Balaban J connectivity index is 1.87. The van der Waals surface area contributed by atoms with Crippen LogP contribution < -0.4 is 10.6 Å². The fourth-order valence-corrected chi connectivity index (χ4v) is 2.16. The van der Waals surface area contributed by atoms with Crippen LogP contribution in [-0.4, -0.2) is 31.1 Å². The summed E-state index contributed by atoms with van der Waals surface area (Å²) in [6.07, 6.45) is 1.97. The van der Waals surface area contributed by atoms with Crippen molar-refractivity contribution in [2.75, 3.05) is 18.5 Å². The minimum atomic E-state index is -0.642. The van der Waals surface area contributed by atoms with Crippen LogP contribution >= 0.6 is 0 Å². The highest BCUT2D eigenvalue weighted by molar-refractivity contribution is 6.39. The number of benzene rings is 1. The molecule has 1 fully saturated rings. The molecule has 5 nitrogen and oxygen atoms in total. The average molecular weight is 276 g/mol. The van der Waals surface area contributed by atoms with Crippen LogP contribution in [-0.2, 0) is 14.3 Å². The largest absolute Gasteiger partial charge is 0.376 e. The molecule has 1 heterocycles. The number of anilines is 1. The van der Waals surface area contributed by atoms with E-state index in [1.807, 2.05) is 26.0 Å². The molecule has 2 amide bonds. The van der Waals surface area contributed by atoms with Crippen LogP contribution in [0, 0.1) is 13.8 Å². The fraction of sp³-hybridized carbons (Fsp3) is 0.467. The van der Waals surface area contributed by atoms with E-state index in [9.17, 15) is 9.59 Å². The third kappa shape index (κ3) is 3.57. The highest BCUT2D eigenvalue weighted by Gasteiger charge is 2.19. The first-order valence-corrected chi connectivity index (χ1v) is 6.85. The maximum Gasteiger partial charge on any atom is 0.313 e. The molecule has 2 N–H and O–H groups in total. The summed E-state index contributed by atoms with van der Waals surface area (Å²) in [5, 5.41) is 5.24. The number of carbonyl (C=O) groups is 2. The van der Waals surface area contributed by atoms with E-state index >= 15 is 0 Å². The monoisotopic (exact) mass is 276 g/mol. The van der Waals surface area contributed by atoms with E-state index in [1.54, 1.807) is 6.07 Å². The standard InChI is InChI=1S/C15H20N2O3/c1-10-5-3-7-13(11(10)2)17-15(19)14(18)16-9-12-6-4-8-20-12/h3,5,7,12H,4,6,8-9H2,1-2H3,(H,16,18)(H,17,19)/t12-/m0/s1. The summed E-state index contributed by atoms with van der Waals surface area (Å²) in [5.41, 5.74) is 2.71. The molecule has 1 aromatic carbocycles. The van der Waals surface area contributed by atoms with Crippen LogP contribution in [0.15, 0.2) is 18.2 Å². The van der Waals surface area contributed by atoms with Crippen molar-refractivity contribution < 1.29 is 14.3 Å². The molecule has 0 spiro atoms. The number of ether oxygens (including phenoxy) is 1. The normalized spacial score (nSPS) is 17.8. The summed E-state index contributed by atoms with van der Waals surface area (Å²) in [5.74, 6) is -1.27. The van der Waals surface area contributed by atoms with E-state index in [-0.39, 0.29) is 6.10 Å². The first kappa shape index (κ1) is 14.5. The quantitative estimate of drug-likeness (QED) is 0.823. The zero-order chi connectivity index (χ0) is 14.5. The zero-order valence-electron chi connectivity index (χ0n) is 11.9. The second-order valence-corrected chi connectivity index (χ2v) is 5.05. The van der Waals surface area contributed by atoms with Gasteiger partial charge in [-0.3, -0.25) is 9.59 Å². The smallest absolute Gasteiger partial charge is 0.313 e. The van der Waals surface area contributed by atoms with Gasteiger partial charge in [0, 0.05) is 18.8 Å². The van der Waals surface area contributed by atoms with Crippen LogP contribution in [0.2, 0.25) is 0 Å². The number of aryl methyl sites for hydroxylation is 1. The third-order valence-corrected chi connectivity index (χ3v) is 3.57. The third-order valence-electron chi connectivity index (χ3n) is 3.57. The molecule has 1 aromatic rings. The minimum Gasteiger partial charge on any atom is -0.376 e. The van der Waals surface area contributed by atoms with Gasteiger partial charge in [-0.25, -0.2) is 0 Å². The molecule has 1 aliphatic rings. The van der Waals surface area contributed by atoms with Crippen molar-refractivity contribution in [3.05, 3.63) is 29.3 Å². The van der Waals surface area contributed by atoms with Gasteiger partial charge >= 0.3 is 11.8 Å². The van der Waals surface area contributed by atoms with E-state index in [4.69, 9.17) is 4.74 Å². The van der Waals surface area contributed by atoms with Crippen molar-refractivity contribution in [2.45, 2.75) is 32.8 Å². The maximum atomic E-state index is 11.8. The lowest BCUT2D eigenvalue weighted by Crippen LogP contribution is -2.39. The van der Waals surface area contributed by atoms with Gasteiger partial charge in [0.2, 0.25) is 0 Å². The number of hydrogen-bond donors (Lipinski definition) is 2. The summed E-state index contributed by atoms with van der Waals surface area (Å²) < 4.78 is 5.39.